The van der Waals surface area contributed by atoms with Gasteiger partial charge in [-0.15, -0.1) is 0 Å². The summed E-state index contributed by atoms with van der Waals surface area (Å²) in [6.07, 6.45) is 2.83. The van der Waals surface area contributed by atoms with Crippen LogP contribution < -0.4 is 14.4 Å². The van der Waals surface area contributed by atoms with Crippen LogP contribution in [0.25, 0.3) is 0 Å². The molecule has 0 heterocycles. The lowest BCUT2D eigenvalue weighted by Gasteiger charge is -2.33. The van der Waals surface area contributed by atoms with E-state index >= 15 is 0 Å². The number of carbonyl (C=O) groups is 2. The van der Waals surface area contributed by atoms with Gasteiger partial charge in [-0.2, -0.15) is 0 Å². The minimum absolute atomic E-state index is 0.0178. The molecule has 0 fully saturated rings. The number of sulfonamides is 1. The molecule has 0 bridgehead atoms. The number of carbonyl (C=O) groups excluding carboxylic acids is 2. The predicted octanol–water partition coefficient (Wildman–Crippen LogP) is 4.16. The highest BCUT2D eigenvalue weighted by atomic mass is 32.2. The Morgan fingerprint density at radius 3 is 2.33 bits per heavy atom. The number of benzene rings is 3. The topological polar surface area (TPSA) is 96.0 Å². The number of hydrogen-bond acceptors (Lipinski definition) is 5. The van der Waals surface area contributed by atoms with Gasteiger partial charge in [-0.3, -0.25) is 13.9 Å². The molecule has 0 aliphatic carbocycles. The largest absolute Gasteiger partial charge is 0.497 e. The number of hydrogen-bond donors (Lipinski definition) is 1. The lowest BCUT2D eigenvalue weighted by Crippen LogP contribution is -2.53. The van der Waals surface area contributed by atoms with E-state index in [4.69, 9.17) is 4.74 Å². The Balaban J connectivity index is 2.04. The number of rotatable bonds is 14. The zero-order valence-corrected chi connectivity index (χ0v) is 23.9. The van der Waals surface area contributed by atoms with Crippen molar-refractivity contribution in [2.75, 3.05) is 30.8 Å². The number of anilines is 1. The highest BCUT2D eigenvalue weighted by Gasteiger charge is 2.33. The third-order valence-corrected chi connectivity index (χ3v) is 7.50. The quantitative estimate of drug-likeness (QED) is 0.294. The van der Waals surface area contributed by atoms with E-state index in [2.05, 4.69) is 5.32 Å². The lowest BCUT2D eigenvalue weighted by molar-refractivity contribution is -0.140. The number of nitrogens with one attached hydrogen (secondary N) is 1. The molecular weight excluding hydrogens is 533 g/mol. The van der Waals surface area contributed by atoms with Gasteiger partial charge in [0.05, 0.1) is 19.1 Å². The number of methoxy groups -OCH3 is 1. The van der Waals surface area contributed by atoms with Gasteiger partial charge in [0.1, 0.15) is 24.2 Å². The van der Waals surface area contributed by atoms with E-state index < -0.39 is 34.3 Å². The van der Waals surface area contributed by atoms with Crippen LogP contribution in [-0.2, 0) is 32.6 Å². The Morgan fingerprint density at radius 1 is 0.975 bits per heavy atom. The molecule has 10 heteroatoms. The SMILES string of the molecule is CCCCNC(=O)[C@@H](Cc1ccccc1)N(Cc1cccc(OC)c1)C(=O)CN(c1cccc(F)c1)S(C)(=O)=O. The van der Waals surface area contributed by atoms with Crippen molar-refractivity contribution in [1.29, 1.82) is 0 Å². The molecule has 0 aromatic heterocycles. The van der Waals surface area contributed by atoms with E-state index in [1.807, 2.05) is 37.3 Å². The first kappa shape index (κ1) is 30.6. The molecule has 0 unspecified atom stereocenters. The molecule has 3 aromatic rings. The van der Waals surface area contributed by atoms with Crippen LogP contribution in [0.4, 0.5) is 10.1 Å². The third-order valence-electron chi connectivity index (χ3n) is 6.36. The summed E-state index contributed by atoms with van der Waals surface area (Å²) in [5.41, 5.74) is 1.56. The number of unbranched alkanes of at least 4 members (excludes halogenated alkanes) is 1. The van der Waals surface area contributed by atoms with Gasteiger partial charge >= 0.3 is 0 Å². The van der Waals surface area contributed by atoms with Gasteiger partial charge in [0.25, 0.3) is 0 Å². The first-order chi connectivity index (χ1) is 19.1. The van der Waals surface area contributed by atoms with E-state index in [0.29, 0.717) is 17.9 Å². The van der Waals surface area contributed by atoms with Gasteiger partial charge in [0, 0.05) is 19.5 Å². The first-order valence-corrected chi connectivity index (χ1v) is 14.9. The fourth-order valence-electron chi connectivity index (χ4n) is 4.27. The summed E-state index contributed by atoms with van der Waals surface area (Å²) in [6.45, 7) is 1.87. The van der Waals surface area contributed by atoms with Crippen LogP contribution in [0, 0.1) is 5.82 Å². The minimum Gasteiger partial charge on any atom is -0.497 e. The molecule has 1 atom stereocenters. The van der Waals surface area contributed by atoms with Crippen LogP contribution in [0.1, 0.15) is 30.9 Å². The molecule has 0 saturated heterocycles. The first-order valence-electron chi connectivity index (χ1n) is 13.1. The summed E-state index contributed by atoms with van der Waals surface area (Å²) < 4.78 is 45.7. The summed E-state index contributed by atoms with van der Waals surface area (Å²) in [6, 6.07) is 20.5. The van der Waals surface area contributed by atoms with Gasteiger partial charge in [0.2, 0.25) is 21.8 Å². The molecule has 3 aromatic carbocycles. The van der Waals surface area contributed by atoms with E-state index in [0.717, 1.165) is 35.0 Å². The Bertz CT molecular complexity index is 1380. The minimum atomic E-state index is -3.97. The zero-order valence-electron chi connectivity index (χ0n) is 23.0. The lowest BCUT2D eigenvalue weighted by atomic mass is 10.0. The molecule has 0 saturated carbocycles. The predicted molar refractivity (Wildman–Crippen MR) is 154 cm³/mol. The molecule has 0 aliphatic rings. The summed E-state index contributed by atoms with van der Waals surface area (Å²) >= 11 is 0. The highest BCUT2D eigenvalue weighted by Crippen LogP contribution is 2.22. The van der Waals surface area contributed by atoms with Crippen LogP contribution in [-0.4, -0.2) is 57.6 Å². The Kier molecular flexibility index (Phi) is 11.1. The normalized spacial score (nSPS) is 11.9. The van der Waals surface area contributed by atoms with Crippen molar-refractivity contribution in [2.24, 2.45) is 0 Å². The number of amides is 2. The van der Waals surface area contributed by atoms with E-state index in [9.17, 15) is 22.4 Å². The standard InChI is InChI=1S/C30H36FN3O5S/c1-4-5-17-32-30(36)28(19-23-11-7-6-8-12-23)33(21-24-13-9-16-27(18-24)39-2)29(35)22-34(40(3,37)38)26-15-10-14-25(31)20-26/h6-16,18,20,28H,4-5,17,19,21-22H2,1-3H3,(H,32,36)/t28-/m1/s1. The van der Waals surface area contributed by atoms with Gasteiger partial charge < -0.3 is 15.0 Å². The van der Waals surface area contributed by atoms with Crippen LogP contribution in [0.15, 0.2) is 78.9 Å². The molecule has 2 amide bonds. The van der Waals surface area contributed by atoms with Crippen molar-refractivity contribution in [2.45, 2.75) is 38.8 Å². The maximum Gasteiger partial charge on any atom is 0.244 e. The molecule has 1 N–H and O–H groups in total. The monoisotopic (exact) mass is 569 g/mol. The molecule has 0 aliphatic heterocycles. The molecule has 214 valence electrons. The second kappa shape index (κ2) is 14.5. The molecular formula is C30H36FN3O5S. The Labute approximate surface area is 235 Å². The van der Waals surface area contributed by atoms with Gasteiger partial charge in [-0.25, -0.2) is 12.8 Å². The van der Waals surface area contributed by atoms with Crippen molar-refractivity contribution in [1.82, 2.24) is 10.2 Å². The number of nitrogens with zero attached hydrogens (tertiary/aromatic N) is 2. The number of ether oxygens (including phenoxy) is 1. The average Bonchev–Trinajstić information content (AvgIpc) is 2.93. The summed E-state index contributed by atoms with van der Waals surface area (Å²) in [4.78, 5) is 29.0. The third kappa shape index (κ3) is 8.81. The number of halogens is 1. The Hall–Kier alpha value is -3.92. The highest BCUT2D eigenvalue weighted by molar-refractivity contribution is 7.92. The Morgan fingerprint density at radius 2 is 1.68 bits per heavy atom. The zero-order chi connectivity index (χ0) is 29.1. The maximum absolute atomic E-state index is 14.0. The van der Waals surface area contributed by atoms with Crippen molar-refractivity contribution in [3.8, 4) is 5.75 Å². The molecule has 0 spiro atoms. The van der Waals surface area contributed by atoms with Crippen molar-refractivity contribution < 1.29 is 27.1 Å². The van der Waals surface area contributed by atoms with Crippen molar-refractivity contribution in [3.05, 3.63) is 95.8 Å². The van der Waals surface area contributed by atoms with E-state index in [1.54, 1.807) is 24.3 Å². The van der Waals surface area contributed by atoms with Crippen LogP contribution in [0.3, 0.4) is 0 Å². The molecule has 8 nitrogen and oxygen atoms in total. The molecule has 3 rings (SSSR count). The average molecular weight is 570 g/mol. The molecule has 0 radical (unpaired) electrons. The van der Waals surface area contributed by atoms with Gasteiger partial charge in [-0.1, -0.05) is 61.9 Å². The summed E-state index contributed by atoms with van der Waals surface area (Å²) in [7, 11) is -2.44. The fourth-order valence-corrected chi connectivity index (χ4v) is 5.11. The van der Waals surface area contributed by atoms with Crippen LogP contribution >= 0.6 is 0 Å². The van der Waals surface area contributed by atoms with Crippen LogP contribution in [0.5, 0.6) is 5.75 Å². The molecule has 40 heavy (non-hydrogen) atoms. The fraction of sp³-hybridized carbons (Fsp3) is 0.333. The van der Waals surface area contributed by atoms with Crippen LogP contribution in [0.2, 0.25) is 0 Å². The summed E-state index contributed by atoms with van der Waals surface area (Å²) in [5, 5.41) is 2.93. The van der Waals surface area contributed by atoms with Crippen molar-refractivity contribution >= 4 is 27.5 Å². The smallest absolute Gasteiger partial charge is 0.244 e. The summed E-state index contributed by atoms with van der Waals surface area (Å²) in [5.74, 6) is -1.01. The van der Waals surface area contributed by atoms with Gasteiger partial charge in [0.15, 0.2) is 0 Å². The van der Waals surface area contributed by atoms with E-state index in [-0.39, 0.29) is 24.6 Å². The second-order valence-corrected chi connectivity index (χ2v) is 11.4. The second-order valence-electron chi connectivity index (χ2n) is 9.47. The van der Waals surface area contributed by atoms with E-state index in [1.165, 1.54) is 30.2 Å². The van der Waals surface area contributed by atoms with Gasteiger partial charge in [-0.05, 0) is 47.9 Å². The maximum atomic E-state index is 14.0. The van der Waals surface area contributed by atoms with Crippen molar-refractivity contribution in [3.63, 3.8) is 0 Å².